The number of carbonyl (C=O) groups excluding carboxylic acids is 2. The van der Waals surface area contributed by atoms with Crippen LogP contribution >= 0.6 is 0 Å². The van der Waals surface area contributed by atoms with Crippen molar-refractivity contribution in [2.75, 3.05) is 4.90 Å². The summed E-state index contributed by atoms with van der Waals surface area (Å²) in [5, 5.41) is 27.8. The Morgan fingerprint density at radius 1 is 1.21 bits per heavy atom. The van der Waals surface area contributed by atoms with Crippen LogP contribution in [-0.2, 0) is 17.8 Å². The first-order valence-corrected chi connectivity index (χ1v) is 10.4. The molecule has 2 aromatic heterocycles. The number of anilines is 1. The molecule has 1 aromatic carbocycles. The lowest BCUT2D eigenvalue weighted by molar-refractivity contribution is -0.122. The van der Waals surface area contributed by atoms with Gasteiger partial charge in [-0.3, -0.25) is 14.5 Å². The van der Waals surface area contributed by atoms with Crippen LogP contribution in [0.1, 0.15) is 47.5 Å². The van der Waals surface area contributed by atoms with E-state index in [9.17, 15) is 14.4 Å². The van der Waals surface area contributed by atoms with Gasteiger partial charge in [0.1, 0.15) is 11.7 Å². The van der Waals surface area contributed by atoms with Gasteiger partial charge in [0.15, 0.2) is 5.82 Å². The van der Waals surface area contributed by atoms with Crippen molar-refractivity contribution in [3.8, 4) is 0 Å². The topological polar surface area (TPSA) is 169 Å². The molecule has 3 aromatic rings. The lowest BCUT2D eigenvalue weighted by Crippen LogP contribution is -2.48. The number of nitrogens with one attached hydrogen (secondary N) is 4. The van der Waals surface area contributed by atoms with E-state index in [-0.39, 0.29) is 30.0 Å². The van der Waals surface area contributed by atoms with Gasteiger partial charge in [-0.1, -0.05) is 37.3 Å². The summed E-state index contributed by atoms with van der Waals surface area (Å²) in [6.07, 6.45) is -0.786. The molecule has 33 heavy (non-hydrogen) atoms. The van der Waals surface area contributed by atoms with Gasteiger partial charge in [0.05, 0.1) is 12.6 Å². The molecule has 1 aliphatic heterocycles. The summed E-state index contributed by atoms with van der Waals surface area (Å²) in [5.41, 5.74) is 2.37. The highest BCUT2D eigenvalue weighted by atomic mass is 16.4. The summed E-state index contributed by atoms with van der Waals surface area (Å²) in [7, 11) is 0. The number of aromatic amines is 2. The number of para-hydroxylation sites is 1. The zero-order valence-corrected chi connectivity index (χ0v) is 18.1. The maximum absolute atomic E-state index is 13.5. The van der Waals surface area contributed by atoms with Gasteiger partial charge in [-0.2, -0.15) is 5.21 Å². The summed E-state index contributed by atoms with van der Waals surface area (Å²) in [5.74, 6) is -0.442. The number of amides is 3. The van der Waals surface area contributed by atoms with Crippen LogP contribution in [0.25, 0.3) is 0 Å². The Bertz CT molecular complexity index is 1160. The monoisotopic (exact) mass is 452 g/mol. The third kappa shape index (κ3) is 4.54. The summed E-state index contributed by atoms with van der Waals surface area (Å²) < 4.78 is 0. The number of hydrogen-bond acceptors (Lipinski definition) is 6. The van der Waals surface area contributed by atoms with Crippen molar-refractivity contribution in [1.29, 1.82) is 0 Å². The number of carbonyl (C=O) groups is 3. The quantitative estimate of drug-likeness (QED) is 0.361. The molecular weight excluding hydrogens is 428 g/mol. The van der Waals surface area contributed by atoms with E-state index in [1.165, 1.54) is 4.90 Å². The van der Waals surface area contributed by atoms with Crippen molar-refractivity contribution in [2.45, 2.75) is 38.9 Å². The summed E-state index contributed by atoms with van der Waals surface area (Å²) in [4.78, 5) is 42.2. The minimum atomic E-state index is -1.15. The molecule has 1 unspecified atom stereocenters. The Labute approximate surface area is 188 Å². The first kappa shape index (κ1) is 22.0. The highest BCUT2D eigenvalue weighted by molar-refractivity contribution is 6.10. The van der Waals surface area contributed by atoms with Crippen molar-refractivity contribution < 1.29 is 19.5 Å². The zero-order chi connectivity index (χ0) is 23.5. The first-order valence-electron chi connectivity index (χ1n) is 10.4. The second-order valence-corrected chi connectivity index (χ2v) is 8.07. The Hall–Kier alpha value is -4.22. The highest BCUT2D eigenvalue weighted by Gasteiger charge is 2.39. The van der Waals surface area contributed by atoms with E-state index < -0.39 is 18.2 Å². The number of fused-ring (bicyclic) bond motifs is 1. The molecule has 3 heterocycles. The summed E-state index contributed by atoms with van der Waals surface area (Å²) in [6, 6.07) is 9.37. The molecule has 12 heteroatoms. The number of hydrogen-bond donors (Lipinski definition) is 5. The van der Waals surface area contributed by atoms with E-state index in [2.05, 4.69) is 36.2 Å². The van der Waals surface area contributed by atoms with Crippen LogP contribution in [0.2, 0.25) is 0 Å². The molecule has 12 nitrogen and oxygen atoms in total. The van der Waals surface area contributed by atoms with Crippen LogP contribution in [-0.4, -0.2) is 54.7 Å². The van der Waals surface area contributed by atoms with E-state index in [4.69, 9.17) is 5.11 Å². The smallest absolute Gasteiger partial charge is 0.405 e. The fraction of sp³-hybridized carbons (Fsp3) is 0.333. The number of benzene rings is 1. The van der Waals surface area contributed by atoms with Gasteiger partial charge in [0.2, 0.25) is 5.91 Å². The predicted octanol–water partition coefficient (Wildman–Crippen LogP) is 1.38. The molecule has 0 bridgehead atoms. The van der Waals surface area contributed by atoms with Crippen LogP contribution in [0, 0.1) is 5.92 Å². The van der Waals surface area contributed by atoms with Crippen molar-refractivity contribution in [3.05, 3.63) is 59.2 Å². The fourth-order valence-electron chi connectivity index (χ4n) is 3.97. The average Bonchev–Trinajstić information content (AvgIpc) is 3.54. The number of nitrogens with zero attached hydrogens (tertiary/aromatic N) is 4. The van der Waals surface area contributed by atoms with E-state index in [1.54, 1.807) is 18.2 Å². The lowest BCUT2D eigenvalue weighted by atomic mass is 10.0. The molecule has 0 fully saturated rings. The van der Waals surface area contributed by atoms with Crippen LogP contribution in [0.3, 0.4) is 0 Å². The molecule has 2 atom stereocenters. The number of H-pyrrole nitrogens is 2. The number of tetrazole rings is 1. The molecule has 172 valence electrons. The maximum Gasteiger partial charge on any atom is 0.405 e. The second-order valence-electron chi connectivity index (χ2n) is 8.07. The summed E-state index contributed by atoms with van der Waals surface area (Å²) >= 11 is 0. The van der Waals surface area contributed by atoms with E-state index in [0.29, 0.717) is 23.6 Å². The van der Waals surface area contributed by atoms with Crippen molar-refractivity contribution in [2.24, 2.45) is 5.92 Å². The molecule has 0 saturated heterocycles. The normalized spacial score (nSPS) is 15.8. The van der Waals surface area contributed by atoms with Gasteiger partial charge in [-0.25, -0.2) is 4.79 Å². The zero-order valence-electron chi connectivity index (χ0n) is 18.1. The number of aromatic nitrogens is 5. The fourth-order valence-corrected chi connectivity index (χ4v) is 3.97. The van der Waals surface area contributed by atoms with Crippen LogP contribution < -0.4 is 15.5 Å². The van der Waals surface area contributed by atoms with Crippen LogP contribution in [0.4, 0.5) is 10.5 Å². The molecular formula is C21H24N8O4. The van der Waals surface area contributed by atoms with Gasteiger partial charge < -0.3 is 20.7 Å². The van der Waals surface area contributed by atoms with Crippen LogP contribution in [0.5, 0.6) is 0 Å². The van der Waals surface area contributed by atoms with E-state index in [1.807, 2.05) is 32.0 Å². The van der Waals surface area contributed by atoms with Crippen molar-refractivity contribution >= 4 is 23.6 Å². The largest absolute Gasteiger partial charge is 0.465 e. The van der Waals surface area contributed by atoms with Gasteiger partial charge in [0, 0.05) is 17.8 Å². The van der Waals surface area contributed by atoms with Gasteiger partial charge >= 0.3 is 6.09 Å². The van der Waals surface area contributed by atoms with Gasteiger partial charge in [-0.05, 0) is 29.7 Å². The van der Waals surface area contributed by atoms with Crippen molar-refractivity contribution in [3.63, 3.8) is 0 Å². The molecule has 5 N–H and O–H groups in total. The Kier molecular flexibility index (Phi) is 6.07. The molecule has 1 aliphatic rings. The Balaban J connectivity index is 1.59. The predicted molar refractivity (Wildman–Crippen MR) is 116 cm³/mol. The third-order valence-corrected chi connectivity index (χ3v) is 5.53. The second kappa shape index (κ2) is 9.10. The molecule has 3 amide bonds. The molecule has 0 radical (unpaired) electrons. The lowest BCUT2D eigenvalue weighted by Gasteiger charge is -2.24. The Morgan fingerprint density at radius 3 is 2.70 bits per heavy atom. The molecule has 0 saturated carbocycles. The van der Waals surface area contributed by atoms with Crippen molar-refractivity contribution in [1.82, 2.24) is 36.2 Å². The number of rotatable bonds is 7. The molecule has 0 spiro atoms. The molecule has 0 aliphatic carbocycles. The SMILES string of the molecule is CC(C)[C@H](NC(=O)O)c1ccc(C(=O)N2c3ccccc3CC2C(=O)NCc2nn[nH]n2)[nH]1. The highest BCUT2D eigenvalue weighted by Crippen LogP contribution is 2.34. The third-order valence-electron chi connectivity index (χ3n) is 5.53. The van der Waals surface area contributed by atoms with Gasteiger partial charge in [-0.15, -0.1) is 10.2 Å². The summed E-state index contributed by atoms with van der Waals surface area (Å²) in [6.45, 7) is 3.83. The van der Waals surface area contributed by atoms with E-state index >= 15 is 0 Å². The average molecular weight is 452 g/mol. The molecule has 4 rings (SSSR count). The Morgan fingerprint density at radius 2 is 2.00 bits per heavy atom. The van der Waals surface area contributed by atoms with E-state index in [0.717, 1.165) is 5.56 Å². The standard InChI is InChI=1S/C21H24N8O4/c1-11(2)18(24-21(32)33)13-7-8-14(23-13)20(31)29-15-6-4-3-5-12(15)9-16(29)19(30)22-10-17-25-27-28-26-17/h3-8,11,16,18,23-24H,9-10H2,1-2H3,(H,22,30)(H,32,33)(H,25,26,27,28)/t16?,18-/m0/s1. The minimum Gasteiger partial charge on any atom is -0.465 e. The minimum absolute atomic E-state index is 0.0427. The van der Waals surface area contributed by atoms with Crippen LogP contribution in [0.15, 0.2) is 36.4 Å². The first-order chi connectivity index (χ1) is 15.8. The van der Waals surface area contributed by atoms with Gasteiger partial charge in [0.25, 0.3) is 5.91 Å². The maximum atomic E-state index is 13.5. The number of carboxylic acid groups (broad SMARTS) is 1.